The van der Waals surface area contributed by atoms with E-state index in [2.05, 4.69) is 15.3 Å². The third-order valence-corrected chi connectivity index (χ3v) is 5.80. The minimum absolute atomic E-state index is 0.0220. The number of carbonyl (C=O) groups excluding carboxylic acids is 2. The SMILES string of the molecule is [C-]#[N+]c1cc(NC(=O)N2Cc3c(nn4c3C(=O)N(C)OC(COCC(F)(F)F)C4)CC2C)ccc1F. The molecule has 2 aliphatic rings. The summed E-state index contributed by atoms with van der Waals surface area (Å²) >= 11 is 0. The summed E-state index contributed by atoms with van der Waals surface area (Å²) in [6.45, 7) is 6.98. The van der Waals surface area contributed by atoms with Gasteiger partial charge in [-0.1, -0.05) is 0 Å². The van der Waals surface area contributed by atoms with Crippen LogP contribution in [0.5, 0.6) is 0 Å². The number of alkyl halides is 3. The fraction of sp³-hybridized carbons (Fsp3) is 0.455. The van der Waals surface area contributed by atoms with Crippen molar-refractivity contribution in [2.24, 2.45) is 0 Å². The lowest BCUT2D eigenvalue weighted by molar-refractivity contribution is -0.202. The molecular weight excluding hydrogens is 488 g/mol. The summed E-state index contributed by atoms with van der Waals surface area (Å²) < 4.78 is 57.0. The van der Waals surface area contributed by atoms with Crippen molar-refractivity contribution in [2.75, 3.05) is 25.6 Å². The zero-order chi connectivity index (χ0) is 26.2. The molecule has 3 amide bonds. The average molecular weight is 510 g/mol. The first-order valence-corrected chi connectivity index (χ1v) is 10.9. The molecule has 1 N–H and O–H groups in total. The van der Waals surface area contributed by atoms with Crippen LogP contribution in [0.25, 0.3) is 4.85 Å². The zero-order valence-corrected chi connectivity index (χ0v) is 19.3. The van der Waals surface area contributed by atoms with Gasteiger partial charge in [-0.15, -0.1) is 0 Å². The van der Waals surface area contributed by atoms with Crippen molar-refractivity contribution in [3.8, 4) is 0 Å². The second kappa shape index (κ2) is 9.75. The standard InChI is InChI=1S/C22H22F4N6O4/c1-12-6-17-15(9-31(12)21(34)28-13-4-5-16(23)18(7-13)27-2)19-20(33)30(3)36-14(8-32(19)29-17)10-35-11-22(24,25)26/h4-5,7,12,14H,6,8-11H2,1,3H3,(H,28,34). The number of urea groups is 1. The Kier molecular flexibility index (Phi) is 6.87. The van der Waals surface area contributed by atoms with Crippen LogP contribution in [0.1, 0.15) is 28.7 Å². The molecule has 0 saturated carbocycles. The summed E-state index contributed by atoms with van der Waals surface area (Å²) in [6.07, 6.45) is -5.06. The lowest BCUT2D eigenvalue weighted by atomic mass is 9.99. The molecule has 0 aliphatic carbocycles. The molecule has 0 fully saturated rings. The van der Waals surface area contributed by atoms with E-state index in [4.69, 9.17) is 16.1 Å². The molecule has 192 valence electrons. The minimum Gasteiger partial charge on any atom is -0.369 e. The van der Waals surface area contributed by atoms with Crippen LogP contribution in [0, 0.1) is 12.4 Å². The molecule has 2 aromatic rings. The highest BCUT2D eigenvalue weighted by molar-refractivity contribution is 5.94. The van der Waals surface area contributed by atoms with Crippen LogP contribution in [0.4, 0.5) is 33.7 Å². The molecule has 0 bridgehead atoms. The first-order valence-electron chi connectivity index (χ1n) is 10.9. The molecule has 1 aromatic carbocycles. The van der Waals surface area contributed by atoms with E-state index in [0.29, 0.717) is 17.7 Å². The van der Waals surface area contributed by atoms with E-state index in [1.165, 1.54) is 28.8 Å². The molecule has 1 aromatic heterocycles. The number of rotatable bonds is 4. The monoisotopic (exact) mass is 510 g/mol. The van der Waals surface area contributed by atoms with E-state index in [1.807, 2.05) is 0 Å². The second-order valence-electron chi connectivity index (χ2n) is 8.51. The zero-order valence-electron chi connectivity index (χ0n) is 19.3. The largest absolute Gasteiger partial charge is 0.411 e. The van der Waals surface area contributed by atoms with Crippen molar-refractivity contribution in [3.05, 3.63) is 52.4 Å². The minimum atomic E-state index is -4.49. The third-order valence-electron chi connectivity index (χ3n) is 5.80. The van der Waals surface area contributed by atoms with Gasteiger partial charge >= 0.3 is 12.2 Å². The van der Waals surface area contributed by atoms with E-state index >= 15 is 0 Å². The quantitative estimate of drug-likeness (QED) is 0.502. The molecule has 2 aliphatic heterocycles. The van der Waals surface area contributed by atoms with Gasteiger partial charge in [0.25, 0.3) is 5.91 Å². The van der Waals surface area contributed by atoms with Crippen LogP contribution in [0.3, 0.4) is 0 Å². The van der Waals surface area contributed by atoms with E-state index in [9.17, 15) is 27.2 Å². The Labute approximate surface area is 203 Å². The van der Waals surface area contributed by atoms with Crippen LogP contribution in [-0.4, -0.2) is 70.3 Å². The first kappa shape index (κ1) is 25.4. The molecule has 0 saturated heterocycles. The van der Waals surface area contributed by atoms with Gasteiger partial charge in [0.1, 0.15) is 24.2 Å². The predicted molar refractivity (Wildman–Crippen MR) is 116 cm³/mol. The van der Waals surface area contributed by atoms with E-state index in [-0.39, 0.29) is 36.2 Å². The summed E-state index contributed by atoms with van der Waals surface area (Å²) in [5, 5.41) is 8.05. The summed E-state index contributed by atoms with van der Waals surface area (Å²) in [7, 11) is 1.34. The van der Waals surface area contributed by atoms with Crippen LogP contribution >= 0.6 is 0 Å². The van der Waals surface area contributed by atoms with Gasteiger partial charge in [-0.05, 0) is 25.1 Å². The summed E-state index contributed by atoms with van der Waals surface area (Å²) in [5.41, 5.74) is 1.28. The molecule has 10 nitrogen and oxygen atoms in total. The fourth-order valence-corrected chi connectivity index (χ4v) is 4.15. The highest BCUT2D eigenvalue weighted by Crippen LogP contribution is 2.30. The lowest BCUT2D eigenvalue weighted by Gasteiger charge is -2.33. The Morgan fingerprint density at radius 3 is 2.83 bits per heavy atom. The number of amides is 3. The number of hydrogen-bond donors (Lipinski definition) is 1. The highest BCUT2D eigenvalue weighted by atomic mass is 19.4. The molecule has 2 atom stereocenters. The number of aromatic nitrogens is 2. The topological polar surface area (TPSA) is 93.3 Å². The van der Waals surface area contributed by atoms with Crippen molar-refractivity contribution < 1.29 is 36.7 Å². The van der Waals surface area contributed by atoms with Crippen LogP contribution in [0.2, 0.25) is 0 Å². The number of hydrogen-bond acceptors (Lipinski definition) is 5. The van der Waals surface area contributed by atoms with Gasteiger partial charge in [-0.25, -0.2) is 19.1 Å². The number of nitrogens with one attached hydrogen (secondary N) is 1. The highest BCUT2D eigenvalue weighted by Gasteiger charge is 2.38. The van der Waals surface area contributed by atoms with E-state index in [1.54, 1.807) is 6.92 Å². The number of hydroxylamine groups is 2. The van der Waals surface area contributed by atoms with Crippen molar-refractivity contribution >= 4 is 23.3 Å². The number of fused-ring (bicyclic) bond motifs is 3. The number of ether oxygens (including phenoxy) is 1. The maximum Gasteiger partial charge on any atom is 0.411 e. The number of halogens is 4. The maximum absolute atomic E-state index is 13.6. The normalized spacial score (nSPS) is 19.9. The van der Waals surface area contributed by atoms with Gasteiger partial charge in [0.2, 0.25) is 5.69 Å². The summed E-state index contributed by atoms with van der Waals surface area (Å²) in [6, 6.07) is 2.82. The van der Waals surface area contributed by atoms with Gasteiger partial charge < -0.3 is 15.0 Å². The van der Waals surface area contributed by atoms with Crippen LogP contribution in [-0.2, 0) is 29.1 Å². The summed E-state index contributed by atoms with van der Waals surface area (Å²) in [5.74, 6) is -1.26. The van der Waals surface area contributed by atoms with Crippen molar-refractivity contribution in [1.82, 2.24) is 19.7 Å². The van der Waals surface area contributed by atoms with Gasteiger partial charge in [0, 0.05) is 30.8 Å². The molecule has 3 heterocycles. The van der Waals surface area contributed by atoms with Crippen molar-refractivity contribution in [1.29, 1.82) is 0 Å². The number of nitrogens with zero attached hydrogens (tertiary/aromatic N) is 5. The Hall–Kier alpha value is -3.70. The Bertz CT molecular complexity index is 1220. The smallest absolute Gasteiger partial charge is 0.369 e. The molecule has 14 heteroatoms. The second-order valence-corrected chi connectivity index (χ2v) is 8.51. The molecule has 0 spiro atoms. The molecule has 2 unspecified atom stereocenters. The van der Waals surface area contributed by atoms with E-state index in [0.717, 1.165) is 11.1 Å². The Morgan fingerprint density at radius 1 is 1.39 bits per heavy atom. The van der Waals surface area contributed by atoms with Gasteiger partial charge in [0.05, 0.1) is 32.0 Å². The van der Waals surface area contributed by atoms with Crippen LogP contribution in [0.15, 0.2) is 18.2 Å². The number of carbonyl (C=O) groups is 2. The first-order chi connectivity index (χ1) is 17.0. The predicted octanol–water partition coefficient (Wildman–Crippen LogP) is 3.52. The van der Waals surface area contributed by atoms with Gasteiger partial charge in [-0.2, -0.15) is 18.3 Å². The van der Waals surface area contributed by atoms with Gasteiger partial charge in [-0.3, -0.25) is 14.3 Å². The average Bonchev–Trinajstić information content (AvgIpc) is 3.08. The third kappa shape index (κ3) is 5.26. The number of anilines is 1. The van der Waals surface area contributed by atoms with Crippen LogP contribution < -0.4 is 5.32 Å². The maximum atomic E-state index is 13.6. The molecule has 4 rings (SSSR count). The van der Waals surface area contributed by atoms with Gasteiger partial charge in [0.15, 0.2) is 0 Å². The summed E-state index contributed by atoms with van der Waals surface area (Å²) in [4.78, 5) is 36.1. The lowest BCUT2D eigenvalue weighted by Crippen LogP contribution is -2.45. The molecular formula is C22H22F4N6O4. The van der Waals surface area contributed by atoms with Crippen molar-refractivity contribution in [2.45, 2.75) is 44.8 Å². The van der Waals surface area contributed by atoms with Crippen molar-refractivity contribution in [3.63, 3.8) is 0 Å². The Morgan fingerprint density at radius 2 is 2.14 bits per heavy atom. The molecule has 36 heavy (non-hydrogen) atoms. The molecule has 0 radical (unpaired) electrons. The van der Waals surface area contributed by atoms with E-state index < -0.39 is 43.2 Å². The number of benzene rings is 1. The Balaban J connectivity index is 1.54. The fourth-order valence-electron chi connectivity index (χ4n) is 4.15.